The van der Waals surface area contributed by atoms with E-state index < -0.39 is 0 Å². The second-order valence-corrected chi connectivity index (χ2v) is 8.14. The van der Waals surface area contributed by atoms with Gasteiger partial charge in [0.15, 0.2) is 0 Å². The van der Waals surface area contributed by atoms with Gasteiger partial charge < -0.3 is 15.5 Å². The van der Waals surface area contributed by atoms with E-state index in [9.17, 15) is 14.4 Å². The highest BCUT2D eigenvalue weighted by molar-refractivity contribution is 5.93. The molecule has 0 spiro atoms. The van der Waals surface area contributed by atoms with Gasteiger partial charge in [-0.1, -0.05) is 18.2 Å². The van der Waals surface area contributed by atoms with Gasteiger partial charge in [0, 0.05) is 50.7 Å². The molecule has 1 aliphatic carbocycles. The molecule has 1 saturated carbocycles. The molecule has 7 heteroatoms. The molecular formula is C22H32N4O3. The lowest BCUT2D eigenvalue weighted by Crippen LogP contribution is -2.50. The molecule has 3 rings (SSSR count). The van der Waals surface area contributed by atoms with Crippen LogP contribution in [0.4, 0.5) is 5.69 Å². The number of para-hydroxylation sites is 1. The molecule has 0 unspecified atom stereocenters. The lowest BCUT2D eigenvalue weighted by molar-refractivity contribution is -0.133. The van der Waals surface area contributed by atoms with Crippen LogP contribution in [-0.2, 0) is 14.4 Å². The minimum Gasteiger partial charge on any atom is -0.356 e. The number of carbonyl (C=O) groups excluding carboxylic acids is 3. The Kier molecular flexibility index (Phi) is 7.25. The van der Waals surface area contributed by atoms with Crippen LogP contribution in [0.3, 0.4) is 0 Å². The number of piperazine rings is 1. The number of amides is 3. The first-order chi connectivity index (χ1) is 13.9. The Hall–Kier alpha value is -2.41. The number of hydrogen-bond acceptors (Lipinski definition) is 4. The third-order valence-corrected chi connectivity index (χ3v) is 5.65. The zero-order chi connectivity index (χ0) is 20.8. The largest absolute Gasteiger partial charge is 0.356 e. The molecule has 1 aromatic rings. The molecule has 1 aliphatic heterocycles. The highest BCUT2D eigenvalue weighted by Gasteiger charge is 2.29. The van der Waals surface area contributed by atoms with Crippen LogP contribution in [0, 0.1) is 19.8 Å². The zero-order valence-electron chi connectivity index (χ0n) is 17.5. The molecule has 7 nitrogen and oxygen atoms in total. The second kappa shape index (κ2) is 9.87. The van der Waals surface area contributed by atoms with Gasteiger partial charge in [0.25, 0.3) is 0 Å². The number of hydrogen-bond donors (Lipinski definition) is 2. The highest BCUT2D eigenvalue weighted by Crippen LogP contribution is 2.28. The van der Waals surface area contributed by atoms with Gasteiger partial charge >= 0.3 is 0 Å². The van der Waals surface area contributed by atoms with E-state index >= 15 is 0 Å². The predicted octanol–water partition coefficient (Wildman–Crippen LogP) is 1.69. The molecule has 158 valence electrons. The van der Waals surface area contributed by atoms with Crippen LogP contribution in [0.25, 0.3) is 0 Å². The Labute approximate surface area is 172 Å². The molecule has 1 heterocycles. The van der Waals surface area contributed by atoms with Gasteiger partial charge in [0.05, 0.1) is 6.54 Å². The fourth-order valence-electron chi connectivity index (χ4n) is 3.65. The van der Waals surface area contributed by atoms with Crippen molar-refractivity contribution < 1.29 is 14.4 Å². The van der Waals surface area contributed by atoms with Crippen molar-refractivity contribution in [2.75, 3.05) is 44.6 Å². The quantitative estimate of drug-likeness (QED) is 0.651. The van der Waals surface area contributed by atoms with Crippen molar-refractivity contribution in [3.8, 4) is 0 Å². The Morgan fingerprint density at radius 3 is 2.31 bits per heavy atom. The van der Waals surface area contributed by atoms with Crippen molar-refractivity contribution >= 4 is 23.4 Å². The summed E-state index contributed by atoms with van der Waals surface area (Å²) in [4.78, 5) is 40.3. The molecule has 1 saturated heterocycles. The maximum atomic E-state index is 12.4. The number of nitrogens with one attached hydrogen (secondary N) is 2. The Morgan fingerprint density at radius 2 is 1.69 bits per heavy atom. The molecule has 29 heavy (non-hydrogen) atoms. The van der Waals surface area contributed by atoms with E-state index in [4.69, 9.17) is 0 Å². The van der Waals surface area contributed by atoms with Crippen molar-refractivity contribution in [1.82, 2.24) is 15.1 Å². The lowest BCUT2D eigenvalue weighted by atomic mass is 10.1. The van der Waals surface area contributed by atoms with Crippen molar-refractivity contribution in [1.29, 1.82) is 0 Å². The van der Waals surface area contributed by atoms with Gasteiger partial charge in [-0.2, -0.15) is 0 Å². The van der Waals surface area contributed by atoms with Crippen LogP contribution in [0.2, 0.25) is 0 Å². The minimum absolute atomic E-state index is 0.0198. The number of aryl methyl sites for hydroxylation is 2. The molecule has 3 amide bonds. The van der Waals surface area contributed by atoms with E-state index in [1.54, 1.807) is 0 Å². The van der Waals surface area contributed by atoms with Crippen molar-refractivity contribution in [2.24, 2.45) is 5.92 Å². The lowest BCUT2D eigenvalue weighted by Gasteiger charge is -2.34. The van der Waals surface area contributed by atoms with E-state index in [1.165, 1.54) is 0 Å². The summed E-state index contributed by atoms with van der Waals surface area (Å²) in [6.07, 6.45) is 3.13. The standard InChI is InChI=1S/C22H32N4O3/c1-16-5-3-6-17(2)21(16)24-19(27)15-25-11-13-26(14-12-25)20(28)7-4-10-23-22(29)18-8-9-18/h3,5-6,18H,4,7-15H2,1-2H3,(H,23,29)(H,24,27). The van der Waals surface area contributed by atoms with Gasteiger partial charge in [-0.05, 0) is 44.2 Å². The van der Waals surface area contributed by atoms with Crippen LogP contribution < -0.4 is 10.6 Å². The first-order valence-electron chi connectivity index (χ1n) is 10.6. The maximum absolute atomic E-state index is 12.4. The summed E-state index contributed by atoms with van der Waals surface area (Å²) in [5, 5.41) is 5.92. The molecular weight excluding hydrogens is 368 g/mol. The van der Waals surface area contributed by atoms with E-state index in [0.29, 0.717) is 52.1 Å². The first-order valence-corrected chi connectivity index (χ1v) is 10.6. The van der Waals surface area contributed by atoms with Crippen LogP contribution in [-0.4, -0.2) is 66.8 Å². The third-order valence-electron chi connectivity index (χ3n) is 5.65. The van der Waals surface area contributed by atoms with Crippen LogP contribution >= 0.6 is 0 Å². The molecule has 0 atom stereocenters. The van der Waals surface area contributed by atoms with Gasteiger partial charge in [-0.3, -0.25) is 19.3 Å². The van der Waals surface area contributed by atoms with Crippen molar-refractivity contribution in [3.05, 3.63) is 29.3 Å². The number of anilines is 1. The summed E-state index contributed by atoms with van der Waals surface area (Å²) >= 11 is 0. The SMILES string of the molecule is Cc1cccc(C)c1NC(=O)CN1CCN(C(=O)CCCNC(=O)C2CC2)CC1. The van der Waals surface area contributed by atoms with E-state index in [0.717, 1.165) is 29.7 Å². The average Bonchev–Trinajstić information content (AvgIpc) is 3.54. The molecule has 2 fully saturated rings. The monoisotopic (exact) mass is 400 g/mol. The molecule has 2 aliphatic rings. The van der Waals surface area contributed by atoms with Gasteiger partial charge in [0.2, 0.25) is 17.7 Å². The number of nitrogens with zero attached hydrogens (tertiary/aromatic N) is 2. The molecule has 0 radical (unpaired) electrons. The van der Waals surface area contributed by atoms with E-state index in [1.807, 2.05) is 36.9 Å². The van der Waals surface area contributed by atoms with Gasteiger partial charge in [-0.25, -0.2) is 0 Å². The summed E-state index contributed by atoms with van der Waals surface area (Å²) in [6.45, 7) is 7.57. The summed E-state index contributed by atoms with van der Waals surface area (Å²) in [6, 6.07) is 5.96. The molecule has 2 N–H and O–H groups in total. The molecule has 0 bridgehead atoms. The minimum atomic E-state index is -0.0198. The zero-order valence-corrected chi connectivity index (χ0v) is 17.5. The Morgan fingerprint density at radius 1 is 1.03 bits per heavy atom. The molecule has 0 aromatic heterocycles. The predicted molar refractivity (Wildman–Crippen MR) is 113 cm³/mol. The van der Waals surface area contributed by atoms with E-state index in [2.05, 4.69) is 15.5 Å². The number of rotatable bonds is 8. The first kappa shape index (κ1) is 21.3. The van der Waals surface area contributed by atoms with Crippen LogP contribution in [0.15, 0.2) is 18.2 Å². The summed E-state index contributed by atoms with van der Waals surface area (Å²) in [5.74, 6) is 0.454. The van der Waals surface area contributed by atoms with Crippen molar-refractivity contribution in [2.45, 2.75) is 39.5 Å². The van der Waals surface area contributed by atoms with Crippen LogP contribution in [0.5, 0.6) is 0 Å². The fraction of sp³-hybridized carbons (Fsp3) is 0.591. The summed E-state index contributed by atoms with van der Waals surface area (Å²) < 4.78 is 0. The van der Waals surface area contributed by atoms with Crippen molar-refractivity contribution in [3.63, 3.8) is 0 Å². The fourth-order valence-corrected chi connectivity index (χ4v) is 3.65. The topological polar surface area (TPSA) is 81.8 Å². The third kappa shape index (κ3) is 6.29. The van der Waals surface area contributed by atoms with Gasteiger partial charge in [0.1, 0.15) is 0 Å². The second-order valence-electron chi connectivity index (χ2n) is 8.14. The smallest absolute Gasteiger partial charge is 0.238 e. The number of carbonyl (C=O) groups is 3. The molecule has 1 aromatic carbocycles. The summed E-state index contributed by atoms with van der Waals surface area (Å²) in [5.41, 5.74) is 3.00. The normalized spacial score (nSPS) is 17.1. The Balaban J connectivity index is 1.33. The number of benzene rings is 1. The Bertz CT molecular complexity index is 732. The maximum Gasteiger partial charge on any atom is 0.238 e. The van der Waals surface area contributed by atoms with E-state index in [-0.39, 0.29) is 23.6 Å². The summed E-state index contributed by atoms with van der Waals surface area (Å²) in [7, 11) is 0. The highest BCUT2D eigenvalue weighted by atomic mass is 16.2. The van der Waals surface area contributed by atoms with Crippen LogP contribution in [0.1, 0.15) is 36.8 Å². The average molecular weight is 401 g/mol. The van der Waals surface area contributed by atoms with Gasteiger partial charge in [-0.15, -0.1) is 0 Å².